The molecule has 1 N–H and O–H groups in total. The van der Waals surface area contributed by atoms with E-state index in [9.17, 15) is 9.18 Å². The second-order valence-electron chi connectivity index (χ2n) is 10.3. The maximum Gasteiger partial charge on any atom is 0.256 e. The number of nitrogens with zero attached hydrogens (tertiary/aromatic N) is 1. The minimum atomic E-state index is -0.255. The second kappa shape index (κ2) is 10.5. The lowest BCUT2D eigenvalue weighted by atomic mass is 9.87. The summed E-state index contributed by atoms with van der Waals surface area (Å²) in [4.78, 5) is 15.9. The first kappa shape index (κ1) is 24.8. The lowest BCUT2D eigenvalue weighted by Gasteiger charge is -2.27. The fourth-order valence-electron chi connectivity index (χ4n) is 4.53. The van der Waals surface area contributed by atoms with Crippen LogP contribution in [0.5, 0.6) is 5.75 Å². The zero-order valence-corrected chi connectivity index (χ0v) is 21.2. The van der Waals surface area contributed by atoms with Gasteiger partial charge in [-0.05, 0) is 71.2 Å². The minimum absolute atomic E-state index is 0.0310. The molecule has 1 amide bonds. The number of hydrogen-bond acceptors (Lipinski definition) is 3. The van der Waals surface area contributed by atoms with Crippen molar-refractivity contribution >= 4 is 11.6 Å². The summed E-state index contributed by atoms with van der Waals surface area (Å²) in [5.41, 5.74) is 6.08. The number of amides is 1. The summed E-state index contributed by atoms with van der Waals surface area (Å²) in [6.07, 6.45) is 2.59. The summed E-state index contributed by atoms with van der Waals surface area (Å²) < 4.78 is 18.9. The number of nitrogens with one attached hydrogen (secondary N) is 1. The van der Waals surface area contributed by atoms with Crippen molar-refractivity contribution in [2.24, 2.45) is 0 Å². The molecule has 0 aromatic heterocycles. The predicted molar refractivity (Wildman–Crippen MR) is 140 cm³/mol. The number of ether oxygens (including phenoxy) is 1. The molecule has 0 unspecified atom stereocenters. The van der Waals surface area contributed by atoms with E-state index < -0.39 is 0 Å². The van der Waals surface area contributed by atoms with E-state index in [-0.39, 0.29) is 17.1 Å². The van der Waals surface area contributed by atoms with Crippen LogP contribution in [0.4, 0.5) is 10.1 Å². The Hall–Kier alpha value is -3.34. The van der Waals surface area contributed by atoms with E-state index in [1.54, 1.807) is 19.2 Å². The molecule has 0 spiro atoms. The molecule has 1 heterocycles. The van der Waals surface area contributed by atoms with Crippen LogP contribution in [0.1, 0.15) is 59.8 Å². The SMILES string of the molecule is COc1cc2c(c(C(=O)N(CCc3ccc(F)cc3)Cc3ccc(C(C)(C)C)cc3)c1)NCCC2. The normalized spacial score (nSPS) is 13.1. The van der Waals surface area contributed by atoms with Gasteiger partial charge in [0, 0.05) is 19.6 Å². The van der Waals surface area contributed by atoms with Gasteiger partial charge in [-0.1, -0.05) is 57.2 Å². The number of carbonyl (C=O) groups is 1. The standard InChI is InChI=1S/C30H35FN2O2/c1-30(2,3)24-11-7-22(8-12-24)20-33(17-15-21-9-13-25(31)14-10-21)29(34)27-19-26(35-4)18-23-6-5-16-32-28(23)27/h7-14,18-19,32H,5-6,15-17,20H2,1-4H3. The molecule has 0 radical (unpaired) electrons. The number of fused-ring (bicyclic) bond motifs is 1. The first-order valence-electron chi connectivity index (χ1n) is 12.3. The van der Waals surface area contributed by atoms with Crippen molar-refractivity contribution in [2.45, 2.75) is 52.0 Å². The van der Waals surface area contributed by atoms with Crippen LogP contribution >= 0.6 is 0 Å². The topological polar surface area (TPSA) is 41.6 Å². The van der Waals surface area contributed by atoms with Crippen LogP contribution in [-0.4, -0.2) is 31.0 Å². The van der Waals surface area contributed by atoms with Gasteiger partial charge < -0.3 is 15.0 Å². The molecule has 0 saturated carbocycles. The maximum atomic E-state index is 14.0. The number of hydrogen-bond donors (Lipinski definition) is 1. The summed E-state index contributed by atoms with van der Waals surface area (Å²) in [5.74, 6) is 0.412. The molecule has 3 aromatic rings. The van der Waals surface area contributed by atoms with E-state index in [0.717, 1.165) is 41.8 Å². The van der Waals surface area contributed by atoms with Crippen LogP contribution in [-0.2, 0) is 24.8 Å². The third-order valence-corrected chi connectivity index (χ3v) is 6.65. The number of carbonyl (C=O) groups excluding carboxylic acids is 1. The van der Waals surface area contributed by atoms with Gasteiger partial charge in [-0.2, -0.15) is 0 Å². The third kappa shape index (κ3) is 6.02. The number of rotatable bonds is 7. The molecule has 1 aliphatic rings. The highest BCUT2D eigenvalue weighted by Gasteiger charge is 2.24. The van der Waals surface area contributed by atoms with Gasteiger partial charge >= 0.3 is 0 Å². The molecule has 0 bridgehead atoms. The molecule has 4 nitrogen and oxygen atoms in total. The van der Waals surface area contributed by atoms with Crippen LogP contribution in [0.15, 0.2) is 60.7 Å². The number of halogens is 1. The van der Waals surface area contributed by atoms with Crippen molar-refractivity contribution < 1.29 is 13.9 Å². The molecule has 0 fully saturated rings. The lowest BCUT2D eigenvalue weighted by molar-refractivity contribution is 0.0745. The highest BCUT2D eigenvalue weighted by atomic mass is 19.1. The first-order chi connectivity index (χ1) is 16.7. The second-order valence-corrected chi connectivity index (χ2v) is 10.3. The van der Waals surface area contributed by atoms with Gasteiger partial charge in [0.25, 0.3) is 5.91 Å². The highest BCUT2D eigenvalue weighted by molar-refractivity contribution is 6.01. The maximum absolute atomic E-state index is 14.0. The molecular weight excluding hydrogens is 439 g/mol. The van der Waals surface area contributed by atoms with Crippen LogP contribution < -0.4 is 10.1 Å². The Morgan fingerprint density at radius 2 is 1.71 bits per heavy atom. The molecule has 35 heavy (non-hydrogen) atoms. The fraction of sp³-hybridized carbons (Fsp3) is 0.367. The minimum Gasteiger partial charge on any atom is -0.497 e. The van der Waals surface area contributed by atoms with E-state index in [1.165, 1.54) is 17.7 Å². The number of aryl methyl sites for hydroxylation is 1. The van der Waals surface area contributed by atoms with Gasteiger partial charge in [0.15, 0.2) is 0 Å². The Kier molecular flexibility index (Phi) is 7.44. The average molecular weight is 475 g/mol. The van der Waals surface area contributed by atoms with E-state index in [4.69, 9.17) is 4.74 Å². The molecule has 5 heteroatoms. The Bertz CT molecular complexity index is 1160. The fourth-order valence-corrected chi connectivity index (χ4v) is 4.53. The number of methoxy groups -OCH3 is 1. The van der Waals surface area contributed by atoms with Crippen molar-refractivity contribution in [3.8, 4) is 5.75 Å². The van der Waals surface area contributed by atoms with E-state index in [2.05, 4.69) is 50.4 Å². The summed E-state index contributed by atoms with van der Waals surface area (Å²) in [5, 5.41) is 3.44. The van der Waals surface area contributed by atoms with Gasteiger partial charge in [0.05, 0.1) is 18.4 Å². The quantitative estimate of drug-likeness (QED) is 0.432. The van der Waals surface area contributed by atoms with Crippen LogP contribution in [0.3, 0.4) is 0 Å². The van der Waals surface area contributed by atoms with E-state index in [0.29, 0.717) is 30.8 Å². The number of anilines is 1. The van der Waals surface area contributed by atoms with E-state index in [1.807, 2.05) is 17.0 Å². The van der Waals surface area contributed by atoms with Gasteiger partial charge in [-0.15, -0.1) is 0 Å². The smallest absolute Gasteiger partial charge is 0.256 e. The Labute approximate surface area is 208 Å². The Balaban J connectivity index is 1.64. The van der Waals surface area contributed by atoms with Gasteiger partial charge in [0.1, 0.15) is 11.6 Å². The molecule has 0 saturated heterocycles. The summed E-state index contributed by atoms with van der Waals surface area (Å²) >= 11 is 0. The highest BCUT2D eigenvalue weighted by Crippen LogP contribution is 2.32. The summed E-state index contributed by atoms with van der Waals surface area (Å²) in [6.45, 7) is 8.45. The van der Waals surface area contributed by atoms with Crippen LogP contribution in [0.2, 0.25) is 0 Å². The van der Waals surface area contributed by atoms with Crippen molar-refractivity contribution in [2.75, 3.05) is 25.5 Å². The monoisotopic (exact) mass is 474 g/mol. The molecule has 184 valence electrons. The number of benzene rings is 3. The molecule has 4 rings (SSSR count). The first-order valence-corrected chi connectivity index (χ1v) is 12.3. The Morgan fingerprint density at radius 1 is 1.03 bits per heavy atom. The molecule has 0 atom stereocenters. The van der Waals surface area contributed by atoms with Crippen molar-refractivity contribution in [1.29, 1.82) is 0 Å². The lowest BCUT2D eigenvalue weighted by Crippen LogP contribution is -2.33. The third-order valence-electron chi connectivity index (χ3n) is 6.65. The summed E-state index contributed by atoms with van der Waals surface area (Å²) in [6, 6.07) is 18.9. The molecule has 3 aromatic carbocycles. The summed E-state index contributed by atoms with van der Waals surface area (Å²) in [7, 11) is 1.63. The molecule has 0 aliphatic carbocycles. The molecular formula is C30H35FN2O2. The Morgan fingerprint density at radius 3 is 2.37 bits per heavy atom. The van der Waals surface area contributed by atoms with Crippen molar-refractivity contribution in [3.05, 3.63) is 94.3 Å². The van der Waals surface area contributed by atoms with Crippen LogP contribution in [0.25, 0.3) is 0 Å². The van der Waals surface area contributed by atoms with Crippen molar-refractivity contribution in [1.82, 2.24) is 4.90 Å². The van der Waals surface area contributed by atoms with Gasteiger partial charge in [0.2, 0.25) is 0 Å². The van der Waals surface area contributed by atoms with Gasteiger partial charge in [-0.3, -0.25) is 4.79 Å². The average Bonchev–Trinajstić information content (AvgIpc) is 2.86. The van der Waals surface area contributed by atoms with Gasteiger partial charge in [-0.25, -0.2) is 4.39 Å². The zero-order chi connectivity index (χ0) is 25.0. The predicted octanol–water partition coefficient (Wildman–Crippen LogP) is 6.38. The zero-order valence-electron chi connectivity index (χ0n) is 21.2. The van der Waals surface area contributed by atoms with Crippen molar-refractivity contribution in [3.63, 3.8) is 0 Å². The van der Waals surface area contributed by atoms with Crippen LogP contribution in [0, 0.1) is 5.82 Å². The van der Waals surface area contributed by atoms with E-state index >= 15 is 0 Å². The largest absolute Gasteiger partial charge is 0.497 e. The molecule has 1 aliphatic heterocycles.